The van der Waals surface area contributed by atoms with Crippen molar-refractivity contribution < 1.29 is 14.5 Å². The average Bonchev–Trinajstić information content (AvgIpc) is 2.37. The van der Waals surface area contributed by atoms with Crippen molar-refractivity contribution in [3.8, 4) is 5.75 Å². The van der Waals surface area contributed by atoms with Gasteiger partial charge >= 0.3 is 6.09 Å². The fourth-order valence-electron chi connectivity index (χ4n) is 3.64. The Kier molecular flexibility index (Phi) is 4.77. The zero-order valence-electron chi connectivity index (χ0n) is 13.7. The highest BCUT2D eigenvalue weighted by Gasteiger charge is 2.32. The highest BCUT2D eigenvalue weighted by molar-refractivity contribution is 5.70. The van der Waals surface area contributed by atoms with Gasteiger partial charge in [0.05, 0.1) is 11.0 Å². The molecule has 2 unspecified atom stereocenters. The number of anilines is 1. The van der Waals surface area contributed by atoms with Crippen molar-refractivity contribution in [2.24, 2.45) is 17.1 Å². The van der Waals surface area contributed by atoms with E-state index in [2.05, 4.69) is 26.1 Å². The van der Waals surface area contributed by atoms with Crippen molar-refractivity contribution in [3.05, 3.63) is 28.3 Å². The summed E-state index contributed by atoms with van der Waals surface area (Å²) in [5, 5.41) is 14.6. The zero-order valence-corrected chi connectivity index (χ0v) is 13.7. The Morgan fingerprint density at radius 2 is 2.13 bits per heavy atom. The number of nitrogens with one attached hydrogen (secondary N) is 1. The minimum atomic E-state index is -0.997. The Labute approximate surface area is 135 Å². The lowest BCUT2D eigenvalue weighted by atomic mass is 9.70. The van der Waals surface area contributed by atoms with Crippen LogP contribution in [0, 0.1) is 21.4 Å². The summed E-state index contributed by atoms with van der Waals surface area (Å²) in [7, 11) is 0. The standard InChI is InChI=1S/C16H23N3O4/c1-10-6-11(9-16(2,3)8-10)18-13-5-4-12(23-15(17)20)7-14(13)19(21)22/h4-5,7,10-11,18H,6,8-9H2,1-3H3,(H2,17,20). The highest BCUT2D eigenvalue weighted by Crippen LogP contribution is 2.40. The molecule has 0 aromatic heterocycles. The monoisotopic (exact) mass is 321 g/mol. The number of hydrogen-bond acceptors (Lipinski definition) is 5. The van der Waals surface area contributed by atoms with Gasteiger partial charge < -0.3 is 15.8 Å². The van der Waals surface area contributed by atoms with Gasteiger partial charge in [-0.25, -0.2) is 4.79 Å². The number of amides is 1. The number of nitrogens with two attached hydrogens (primary N) is 1. The first kappa shape index (κ1) is 17.1. The van der Waals surface area contributed by atoms with Crippen LogP contribution in [0.15, 0.2) is 18.2 Å². The molecule has 3 N–H and O–H groups in total. The molecule has 0 bridgehead atoms. The van der Waals surface area contributed by atoms with Crippen molar-refractivity contribution in [2.45, 2.75) is 46.1 Å². The molecule has 1 fully saturated rings. The van der Waals surface area contributed by atoms with E-state index in [1.165, 1.54) is 12.1 Å². The molecule has 0 radical (unpaired) electrons. The number of carbonyl (C=O) groups excluding carboxylic acids is 1. The van der Waals surface area contributed by atoms with Gasteiger partial charge in [0.15, 0.2) is 0 Å². The molecule has 7 nitrogen and oxygen atoms in total. The largest absolute Gasteiger partial charge is 0.410 e. The number of carbonyl (C=O) groups is 1. The maximum absolute atomic E-state index is 11.3. The molecular weight excluding hydrogens is 298 g/mol. The molecule has 0 spiro atoms. The fraction of sp³-hybridized carbons (Fsp3) is 0.562. The number of hydrogen-bond donors (Lipinski definition) is 2. The van der Waals surface area contributed by atoms with Gasteiger partial charge in [0.1, 0.15) is 11.4 Å². The molecular formula is C16H23N3O4. The lowest BCUT2D eigenvalue weighted by molar-refractivity contribution is -0.384. The van der Waals surface area contributed by atoms with Crippen LogP contribution in [0.3, 0.4) is 0 Å². The van der Waals surface area contributed by atoms with Crippen LogP contribution in [0.2, 0.25) is 0 Å². The average molecular weight is 321 g/mol. The molecule has 1 aromatic rings. The van der Waals surface area contributed by atoms with E-state index in [4.69, 9.17) is 10.5 Å². The van der Waals surface area contributed by atoms with Crippen molar-refractivity contribution in [1.82, 2.24) is 0 Å². The third-order valence-corrected chi connectivity index (χ3v) is 4.13. The second kappa shape index (κ2) is 6.44. The molecule has 1 saturated carbocycles. The van der Waals surface area contributed by atoms with E-state index < -0.39 is 11.0 Å². The maximum atomic E-state index is 11.3. The van der Waals surface area contributed by atoms with Gasteiger partial charge in [-0.15, -0.1) is 0 Å². The number of benzene rings is 1. The molecule has 7 heteroatoms. The number of nitro groups is 1. The summed E-state index contributed by atoms with van der Waals surface area (Å²) >= 11 is 0. The summed E-state index contributed by atoms with van der Waals surface area (Å²) in [4.78, 5) is 21.6. The molecule has 1 aliphatic carbocycles. The van der Waals surface area contributed by atoms with E-state index in [9.17, 15) is 14.9 Å². The van der Waals surface area contributed by atoms with Gasteiger partial charge in [0.25, 0.3) is 5.69 Å². The van der Waals surface area contributed by atoms with Crippen LogP contribution in [0.5, 0.6) is 5.75 Å². The number of ether oxygens (including phenoxy) is 1. The summed E-state index contributed by atoms with van der Waals surface area (Å²) in [5.74, 6) is 0.625. The summed E-state index contributed by atoms with van der Waals surface area (Å²) in [5.41, 5.74) is 5.45. The maximum Gasteiger partial charge on any atom is 0.409 e. The molecule has 1 aromatic carbocycles. The molecule has 0 saturated heterocycles. The summed E-state index contributed by atoms with van der Waals surface area (Å²) < 4.78 is 4.71. The predicted molar refractivity (Wildman–Crippen MR) is 87.5 cm³/mol. The van der Waals surface area contributed by atoms with Gasteiger partial charge in [0.2, 0.25) is 0 Å². The van der Waals surface area contributed by atoms with Gasteiger partial charge in [0, 0.05) is 6.04 Å². The van der Waals surface area contributed by atoms with Crippen molar-refractivity contribution in [2.75, 3.05) is 5.32 Å². The smallest absolute Gasteiger partial charge is 0.409 e. The zero-order chi connectivity index (χ0) is 17.2. The van der Waals surface area contributed by atoms with Crippen molar-refractivity contribution in [1.29, 1.82) is 0 Å². The first-order valence-electron chi connectivity index (χ1n) is 7.68. The van der Waals surface area contributed by atoms with Gasteiger partial charge in [-0.3, -0.25) is 10.1 Å². The van der Waals surface area contributed by atoms with E-state index in [0.29, 0.717) is 11.6 Å². The fourth-order valence-corrected chi connectivity index (χ4v) is 3.64. The number of primary amides is 1. The lowest BCUT2D eigenvalue weighted by Gasteiger charge is -2.39. The van der Waals surface area contributed by atoms with Crippen LogP contribution in [0.1, 0.15) is 40.0 Å². The van der Waals surface area contributed by atoms with Crippen LogP contribution in [0.4, 0.5) is 16.2 Å². The third-order valence-electron chi connectivity index (χ3n) is 4.13. The Balaban J connectivity index is 2.21. The first-order chi connectivity index (χ1) is 10.7. The highest BCUT2D eigenvalue weighted by atomic mass is 16.6. The topological polar surface area (TPSA) is 107 Å². The van der Waals surface area contributed by atoms with Crippen molar-refractivity contribution >= 4 is 17.5 Å². The molecule has 1 aliphatic rings. The predicted octanol–water partition coefficient (Wildman–Crippen LogP) is 3.68. The van der Waals surface area contributed by atoms with Crippen LogP contribution in [-0.4, -0.2) is 17.1 Å². The summed E-state index contributed by atoms with van der Waals surface area (Å²) in [6, 6.07) is 4.44. The molecule has 23 heavy (non-hydrogen) atoms. The summed E-state index contributed by atoms with van der Waals surface area (Å²) in [6.45, 7) is 6.64. The lowest BCUT2D eigenvalue weighted by Crippen LogP contribution is -2.35. The third kappa shape index (κ3) is 4.58. The second-order valence-corrected chi connectivity index (χ2v) is 7.11. The molecule has 126 valence electrons. The van der Waals surface area contributed by atoms with E-state index in [1.54, 1.807) is 6.07 Å². The normalized spacial score (nSPS) is 23.1. The molecule has 0 heterocycles. The SMILES string of the molecule is CC1CC(Nc2ccc(OC(N)=O)cc2[N+](=O)[O-])CC(C)(C)C1. The van der Waals surface area contributed by atoms with Crippen molar-refractivity contribution in [3.63, 3.8) is 0 Å². The van der Waals surface area contributed by atoms with E-state index in [1.807, 2.05) is 0 Å². The van der Waals surface area contributed by atoms with Crippen LogP contribution in [0.25, 0.3) is 0 Å². The quantitative estimate of drug-likeness (QED) is 0.649. The second-order valence-electron chi connectivity index (χ2n) is 7.11. The van der Waals surface area contributed by atoms with Crippen LogP contribution < -0.4 is 15.8 Å². The van der Waals surface area contributed by atoms with Gasteiger partial charge in [-0.2, -0.15) is 0 Å². The minimum Gasteiger partial charge on any atom is -0.410 e. The number of nitro benzene ring substituents is 1. The first-order valence-corrected chi connectivity index (χ1v) is 7.68. The minimum absolute atomic E-state index is 0.0621. The molecule has 2 atom stereocenters. The Bertz CT molecular complexity index is 615. The Hall–Kier alpha value is -2.31. The Morgan fingerprint density at radius 1 is 1.43 bits per heavy atom. The van der Waals surface area contributed by atoms with Crippen LogP contribution in [-0.2, 0) is 0 Å². The van der Waals surface area contributed by atoms with E-state index in [-0.39, 0.29) is 22.9 Å². The molecule has 1 amide bonds. The van der Waals surface area contributed by atoms with E-state index >= 15 is 0 Å². The number of nitrogens with zero attached hydrogens (tertiary/aromatic N) is 1. The van der Waals surface area contributed by atoms with Gasteiger partial charge in [-0.05, 0) is 42.7 Å². The number of rotatable bonds is 4. The summed E-state index contributed by atoms with van der Waals surface area (Å²) in [6.07, 6.45) is 2.08. The van der Waals surface area contributed by atoms with Gasteiger partial charge in [-0.1, -0.05) is 20.8 Å². The molecule has 2 rings (SSSR count). The Morgan fingerprint density at radius 3 is 2.70 bits per heavy atom. The van der Waals surface area contributed by atoms with Crippen LogP contribution >= 0.6 is 0 Å². The van der Waals surface area contributed by atoms with E-state index in [0.717, 1.165) is 19.3 Å². The molecule has 0 aliphatic heterocycles.